The molecule has 0 saturated carbocycles. The standard InChI is InChI=1S/C22H24O6/c1-15-9-6-7-10-16-17(11-8-13-18(16)23)21(22(27)28-15)19(24)12-4-2-3-5-14-20(25)26/h2-5,8,11-15,23-24H,6-7,9-10H2,1H3,(H,25,26). The number of esters is 1. The number of phenols is 1. The summed E-state index contributed by atoms with van der Waals surface area (Å²) in [4.78, 5) is 23.1. The number of carboxylic acids is 1. The summed E-state index contributed by atoms with van der Waals surface area (Å²) in [5, 5.41) is 29.3. The topological polar surface area (TPSA) is 104 Å². The van der Waals surface area contributed by atoms with E-state index >= 15 is 0 Å². The molecule has 1 aromatic rings. The van der Waals surface area contributed by atoms with E-state index in [0.29, 0.717) is 24.0 Å². The fraction of sp³-hybridized carbons (Fsp3) is 0.273. The summed E-state index contributed by atoms with van der Waals surface area (Å²) in [7, 11) is 0. The number of fused-ring (bicyclic) bond motifs is 1. The van der Waals surface area contributed by atoms with Gasteiger partial charge in [-0.2, -0.15) is 0 Å². The summed E-state index contributed by atoms with van der Waals surface area (Å²) in [6, 6.07) is 4.85. The third-order valence-corrected chi connectivity index (χ3v) is 4.30. The molecule has 1 atom stereocenters. The SMILES string of the molecule is CC1CCCCc2c(O)cccc2C(=C(O)C=CC=CC=CC(=O)O)C(=O)O1. The molecule has 6 nitrogen and oxygen atoms in total. The van der Waals surface area contributed by atoms with Gasteiger partial charge in [0.25, 0.3) is 0 Å². The van der Waals surface area contributed by atoms with Gasteiger partial charge >= 0.3 is 11.9 Å². The number of benzene rings is 1. The lowest BCUT2D eigenvalue weighted by atomic mass is 9.93. The van der Waals surface area contributed by atoms with E-state index in [1.54, 1.807) is 18.2 Å². The van der Waals surface area contributed by atoms with Crippen LogP contribution in [-0.2, 0) is 20.7 Å². The number of carboxylic acid groups (broad SMARTS) is 1. The Labute approximate surface area is 163 Å². The fourth-order valence-electron chi connectivity index (χ4n) is 2.95. The van der Waals surface area contributed by atoms with E-state index in [-0.39, 0.29) is 23.2 Å². The zero-order valence-electron chi connectivity index (χ0n) is 15.7. The second kappa shape index (κ2) is 10.2. The van der Waals surface area contributed by atoms with E-state index in [4.69, 9.17) is 9.84 Å². The summed E-state index contributed by atoms with van der Waals surface area (Å²) in [6.07, 6.45) is 10.8. The van der Waals surface area contributed by atoms with Crippen molar-refractivity contribution in [2.45, 2.75) is 38.7 Å². The van der Waals surface area contributed by atoms with Crippen LogP contribution in [0.3, 0.4) is 0 Å². The van der Waals surface area contributed by atoms with Gasteiger partial charge in [-0.3, -0.25) is 0 Å². The molecule has 0 fully saturated rings. The van der Waals surface area contributed by atoms with Crippen molar-refractivity contribution in [3.63, 3.8) is 0 Å². The highest BCUT2D eigenvalue weighted by atomic mass is 16.5. The molecule has 0 spiro atoms. The molecule has 28 heavy (non-hydrogen) atoms. The minimum Gasteiger partial charge on any atom is -0.508 e. The van der Waals surface area contributed by atoms with Crippen molar-refractivity contribution in [1.82, 2.24) is 0 Å². The van der Waals surface area contributed by atoms with Gasteiger partial charge in [0.2, 0.25) is 0 Å². The molecule has 1 aliphatic heterocycles. The second-order valence-electron chi connectivity index (χ2n) is 6.47. The van der Waals surface area contributed by atoms with Crippen LogP contribution in [0.5, 0.6) is 5.75 Å². The molecule has 2 rings (SSSR count). The maximum absolute atomic E-state index is 12.7. The van der Waals surface area contributed by atoms with Gasteiger partial charge in [0.15, 0.2) is 0 Å². The third-order valence-electron chi connectivity index (χ3n) is 4.30. The molecule has 0 aliphatic carbocycles. The Hall–Kier alpha value is -3.28. The number of allylic oxidation sites excluding steroid dienone is 5. The van der Waals surface area contributed by atoms with E-state index < -0.39 is 11.9 Å². The molecule has 0 radical (unpaired) electrons. The summed E-state index contributed by atoms with van der Waals surface area (Å²) in [5.74, 6) is -1.94. The number of aliphatic carboxylic acids is 1. The van der Waals surface area contributed by atoms with Gasteiger partial charge in [0.1, 0.15) is 17.1 Å². The Balaban J connectivity index is 2.44. The summed E-state index contributed by atoms with van der Waals surface area (Å²) >= 11 is 0. The van der Waals surface area contributed by atoms with Gasteiger partial charge in [-0.05, 0) is 50.3 Å². The Kier molecular flexibility index (Phi) is 7.63. The molecule has 0 amide bonds. The lowest BCUT2D eigenvalue weighted by Crippen LogP contribution is -2.19. The number of hydrogen-bond acceptors (Lipinski definition) is 5. The summed E-state index contributed by atoms with van der Waals surface area (Å²) in [5.41, 5.74) is 1.03. The Morgan fingerprint density at radius 2 is 1.82 bits per heavy atom. The number of carbonyl (C=O) groups excluding carboxylic acids is 1. The number of hydrogen-bond donors (Lipinski definition) is 3. The molecular formula is C22H24O6. The number of carbonyl (C=O) groups is 2. The molecule has 1 aromatic carbocycles. The van der Waals surface area contributed by atoms with Crippen LogP contribution in [0, 0.1) is 0 Å². The van der Waals surface area contributed by atoms with E-state index in [1.807, 2.05) is 6.92 Å². The number of aliphatic hydroxyl groups is 1. The predicted octanol–water partition coefficient (Wildman–Crippen LogP) is 4.07. The van der Waals surface area contributed by atoms with E-state index in [9.17, 15) is 19.8 Å². The van der Waals surface area contributed by atoms with Crippen molar-refractivity contribution in [2.24, 2.45) is 0 Å². The van der Waals surface area contributed by atoms with E-state index in [0.717, 1.165) is 18.9 Å². The monoisotopic (exact) mass is 384 g/mol. The molecule has 0 bridgehead atoms. The molecule has 6 heteroatoms. The highest BCUT2D eigenvalue weighted by molar-refractivity contribution is 6.18. The Morgan fingerprint density at radius 1 is 1.11 bits per heavy atom. The fourth-order valence-corrected chi connectivity index (χ4v) is 2.95. The molecular weight excluding hydrogens is 360 g/mol. The van der Waals surface area contributed by atoms with Crippen LogP contribution in [0.15, 0.2) is 60.4 Å². The van der Waals surface area contributed by atoms with Crippen molar-refractivity contribution in [2.75, 3.05) is 0 Å². The Bertz CT molecular complexity index is 845. The van der Waals surface area contributed by atoms with Gasteiger partial charge < -0.3 is 20.1 Å². The zero-order chi connectivity index (χ0) is 20.5. The zero-order valence-corrected chi connectivity index (χ0v) is 15.7. The van der Waals surface area contributed by atoms with Crippen molar-refractivity contribution in [3.8, 4) is 5.75 Å². The van der Waals surface area contributed by atoms with E-state index in [2.05, 4.69) is 0 Å². The minimum absolute atomic E-state index is 0.00891. The maximum atomic E-state index is 12.7. The first kappa shape index (κ1) is 21.0. The predicted molar refractivity (Wildman–Crippen MR) is 106 cm³/mol. The number of aromatic hydroxyl groups is 1. The van der Waals surface area contributed by atoms with Crippen LogP contribution in [0.1, 0.15) is 37.3 Å². The number of aliphatic hydroxyl groups excluding tert-OH is 1. The van der Waals surface area contributed by atoms with Gasteiger partial charge in [-0.1, -0.05) is 36.4 Å². The largest absolute Gasteiger partial charge is 0.508 e. The van der Waals surface area contributed by atoms with Gasteiger partial charge in [-0.25, -0.2) is 9.59 Å². The number of cyclic esters (lactones) is 1. The highest BCUT2D eigenvalue weighted by Crippen LogP contribution is 2.32. The first-order chi connectivity index (χ1) is 13.4. The van der Waals surface area contributed by atoms with Crippen molar-refractivity contribution in [3.05, 3.63) is 71.5 Å². The van der Waals surface area contributed by atoms with Gasteiger partial charge in [-0.15, -0.1) is 0 Å². The second-order valence-corrected chi connectivity index (χ2v) is 6.47. The van der Waals surface area contributed by atoms with Crippen LogP contribution in [0.2, 0.25) is 0 Å². The Morgan fingerprint density at radius 3 is 2.54 bits per heavy atom. The first-order valence-corrected chi connectivity index (χ1v) is 9.10. The smallest absolute Gasteiger partial charge is 0.342 e. The summed E-state index contributed by atoms with van der Waals surface area (Å²) < 4.78 is 5.46. The lowest BCUT2D eigenvalue weighted by molar-refractivity contribution is -0.141. The lowest BCUT2D eigenvalue weighted by Gasteiger charge is -2.20. The average molecular weight is 384 g/mol. The molecule has 1 unspecified atom stereocenters. The van der Waals surface area contributed by atoms with E-state index in [1.165, 1.54) is 30.4 Å². The van der Waals surface area contributed by atoms with Crippen LogP contribution in [-0.4, -0.2) is 33.4 Å². The van der Waals surface area contributed by atoms with Crippen LogP contribution >= 0.6 is 0 Å². The van der Waals surface area contributed by atoms with Gasteiger partial charge in [0.05, 0.1) is 6.10 Å². The molecule has 0 aromatic heterocycles. The first-order valence-electron chi connectivity index (χ1n) is 9.10. The third kappa shape index (κ3) is 5.87. The number of rotatable bonds is 4. The highest BCUT2D eigenvalue weighted by Gasteiger charge is 2.25. The van der Waals surface area contributed by atoms with Crippen LogP contribution in [0.4, 0.5) is 0 Å². The molecule has 1 aliphatic rings. The van der Waals surface area contributed by atoms with Crippen LogP contribution in [0.25, 0.3) is 5.57 Å². The van der Waals surface area contributed by atoms with Gasteiger partial charge in [0, 0.05) is 11.6 Å². The van der Waals surface area contributed by atoms with Crippen molar-refractivity contribution < 1.29 is 29.6 Å². The molecule has 1 heterocycles. The molecule has 148 valence electrons. The molecule has 0 saturated heterocycles. The summed E-state index contributed by atoms with van der Waals surface area (Å²) in [6.45, 7) is 1.81. The number of ether oxygens (including phenoxy) is 1. The van der Waals surface area contributed by atoms with Crippen molar-refractivity contribution in [1.29, 1.82) is 0 Å². The van der Waals surface area contributed by atoms with Crippen LogP contribution < -0.4 is 0 Å². The number of phenolic OH excluding ortho intramolecular Hbond substituents is 1. The quantitative estimate of drug-likeness (QED) is 0.313. The normalized spacial score (nSPS) is 20.3. The minimum atomic E-state index is -1.06. The average Bonchev–Trinajstić information content (AvgIpc) is 2.63. The molecule has 3 N–H and O–H groups in total. The van der Waals surface area contributed by atoms with Crippen molar-refractivity contribution >= 4 is 17.5 Å². The maximum Gasteiger partial charge on any atom is 0.342 e.